The van der Waals surface area contributed by atoms with Crippen molar-refractivity contribution >= 4 is 30.3 Å². The van der Waals surface area contributed by atoms with Crippen molar-refractivity contribution in [2.24, 2.45) is 10.7 Å². The molecule has 0 radical (unpaired) electrons. The van der Waals surface area contributed by atoms with Gasteiger partial charge < -0.3 is 21.7 Å². The number of nitriles is 1. The minimum atomic E-state index is -0.689. The highest BCUT2D eigenvalue weighted by atomic mass is 16.2. The Morgan fingerprint density at radius 3 is 2.41 bits per heavy atom. The molecule has 0 unspecified atom stereocenters. The molecular weight excluding hydrogens is 492 g/mol. The molecule has 0 aromatic heterocycles. The number of nitrogens with two attached hydrogens (primary N) is 1. The number of rotatable bonds is 10. The molecule has 9 nitrogen and oxygen atoms in total. The first kappa shape index (κ1) is 31.1. The fraction of sp³-hybridized carbons (Fsp3) is 0.367. The Bertz CT molecular complexity index is 1220. The van der Waals surface area contributed by atoms with E-state index in [0.29, 0.717) is 30.0 Å². The zero-order chi connectivity index (χ0) is 28.7. The van der Waals surface area contributed by atoms with E-state index >= 15 is 0 Å². The van der Waals surface area contributed by atoms with Crippen LogP contribution < -0.4 is 21.7 Å². The number of carbonyl (C=O) groups is 3. The van der Waals surface area contributed by atoms with E-state index in [-0.39, 0.29) is 18.4 Å². The standard InChI is InChI=1S/C17H23N3.C10H9NO3.C3H6N2/c1-12-3-4-14(17(19-2)7-8-17)9-16(12)13(10-18)11-20-15-5-6-15;12-6-9-4-2-1-3-8(9)5-11-10(14)7-13;1-5-3-2-4/h3-4,9-11,15,19H,5-8,18H2,1-2H3;1-4,6-7H,5H2,(H,11,14);5H,3H2,1H3/b13-10+,20-11?;;. The average Bonchev–Trinajstić information content (AvgIpc) is 3.90. The van der Waals surface area contributed by atoms with Crippen LogP contribution in [0.4, 0.5) is 0 Å². The first-order valence-corrected chi connectivity index (χ1v) is 12.9. The maximum absolute atomic E-state index is 10.6. The monoisotopic (exact) mass is 530 g/mol. The van der Waals surface area contributed by atoms with Gasteiger partial charge in [0, 0.05) is 35.6 Å². The first-order chi connectivity index (χ1) is 18.9. The lowest BCUT2D eigenvalue weighted by atomic mass is 9.95. The van der Waals surface area contributed by atoms with Crippen LogP contribution >= 0.6 is 0 Å². The van der Waals surface area contributed by atoms with Gasteiger partial charge in [-0.05, 0) is 75.0 Å². The SMILES string of the molecule is CNC1(c2ccc(C)c(/C(C=NC3CC3)=C/N)c2)CC1.CNCC#N.O=CC(=O)NCc1ccccc1C=O. The Morgan fingerprint density at radius 1 is 1.18 bits per heavy atom. The molecule has 5 N–H and O–H groups in total. The molecule has 9 heteroatoms. The van der Waals surface area contributed by atoms with Crippen molar-refractivity contribution in [2.75, 3.05) is 20.6 Å². The molecule has 2 aliphatic carbocycles. The average molecular weight is 531 g/mol. The molecule has 206 valence electrons. The summed E-state index contributed by atoms with van der Waals surface area (Å²) >= 11 is 0. The number of nitrogens with zero attached hydrogens (tertiary/aromatic N) is 2. The second-order valence-corrected chi connectivity index (χ2v) is 9.33. The van der Waals surface area contributed by atoms with Crippen LogP contribution in [0.15, 0.2) is 53.7 Å². The van der Waals surface area contributed by atoms with E-state index in [4.69, 9.17) is 11.0 Å². The quantitative estimate of drug-likeness (QED) is 0.160. The maximum atomic E-state index is 10.6. The van der Waals surface area contributed by atoms with E-state index in [2.05, 4.69) is 46.1 Å². The smallest absolute Gasteiger partial charge is 0.284 e. The largest absolute Gasteiger partial charge is 0.404 e. The number of hydrogen-bond donors (Lipinski definition) is 4. The van der Waals surface area contributed by atoms with Gasteiger partial charge >= 0.3 is 0 Å². The van der Waals surface area contributed by atoms with Gasteiger partial charge in [0.15, 0.2) is 0 Å². The van der Waals surface area contributed by atoms with Crippen molar-refractivity contribution in [2.45, 2.75) is 50.7 Å². The predicted octanol–water partition coefficient (Wildman–Crippen LogP) is 2.78. The Hall–Kier alpha value is -4.13. The summed E-state index contributed by atoms with van der Waals surface area (Å²) in [5.74, 6) is -0.689. The number of aldehydes is 2. The number of aliphatic imine (C=N–C) groups is 1. The lowest BCUT2D eigenvalue weighted by Gasteiger charge is -2.17. The summed E-state index contributed by atoms with van der Waals surface area (Å²) < 4.78 is 0. The fourth-order valence-electron chi connectivity index (χ4n) is 3.76. The number of amides is 1. The topological polar surface area (TPSA) is 149 Å². The molecule has 2 aliphatic rings. The molecule has 2 aromatic carbocycles. The normalized spacial score (nSPS) is 15.1. The van der Waals surface area contributed by atoms with E-state index in [9.17, 15) is 14.4 Å². The molecule has 0 atom stereocenters. The van der Waals surface area contributed by atoms with Gasteiger partial charge in [0.05, 0.1) is 18.7 Å². The van der Waals surface area contributed by atoms with Gasteiger partial charge in [0.1, 0.15) is 6.29 Å². The zero-order valence-electron chi connectivity index (χ0n) is 22.9. The molecule has 2 saturated carbocycles. The van der Waals surface area contributed by atoms with Gasteiger partial charge in [-0.3, -0.25) is 19.4 Å². The van der Waals surface area contributed by atoms with E-state index in [1.807, 2.05) is 19.3 Å². The molecule has 4 rings (SSSR count). The lowest BCUT2D eigenvalue weighted by Crippen LogP contribution is -2.24. The number of carbonyl (C=O) groups excluding carboxylic acids is 3. The second kappa shape index (κ2) is 16.0. The molecule has 0 heterocycles. The van der Waals surface area contributed by atoms with Crippen LogP contribution in [0.3, 0.4) is 0 Å². The Labute approximate surface area is 230 Å². The van der Waals surface area contributed by atoms with Crippen LogP contribution in [0.1, 0.15) is 58.3 Å². The molecule has 0 bridgehead atoms. The van der Waals surface area contributed by atoms with Gasteiger partial charge in [-0.1, -0.05) is 36.4 Å². The van der Waals surface area contributed by atoms with Crippen molar-refractivity contribution < 1.29 is 14.4 Å². The Balaban J connectivity index is 0.000000245. The summed E-state index contributed by atoms with van der Waals surface area (Å²) in [6.45, 7) is 2.76. The zero-order valence-corrected chi connectivity index (χ0v) is 22.9. The number of allylic oxidation sites excluding steroid dienone is 1. The second-order valence-electron chi connectivity index (χ2n) is 9.33. The third-order valence-corrected chi connectivity index (χ3v) is 6.48. The van der Waals surface area contributed by atoms with E-state index < -0.39 is 5.91 Å². The number of benzene rings is 2. The molecule has 0 aliphatic heterocycles. The molecule has 0 saturated heterocycles. The number of aryl methyl sites for hydroxylation is 1. The summed E-state index contributed by atoms with van der Waals surface area (Å²) in [6.07, 6.45) is 9.39. The van der Waals surface area contributed by atoms with Crippen molar-refractivity contribution in [3.63, 3.8) is 0 Å². The summed E-state index contributed by atoms with van der Waals surface area (Å²) in [4.78, 5) is 35.7. The first-order valence-electron chi connectivity index (χ1n) is 12.9. The third kappa shape index (κ3) is 9.93. The highest BCUT2D eigenvalue weighted by Gasteiger charge is 2.42. The third-order valence-electron chi connectivity index (χ3n) is 6.48. The van der Waals surface area contributed by atoms with Crippen LogP contribution in [0.25, 0.3) is 5.57 Å². The highest BCUT2D eigenvalue weighted by Crippen LogP contribution is 2.45. The van der Waals surface area contributed by atoms with E-state index in [0.717, 1.165) is 5.57 Å². The van der Waals surface area contributed by atoms with E-state index in [1.54, 1.807) is 37.5 Å². The van der Waals surface area contributed by atoms with Crippen LogP contribution in [-0.4, -0.2) is 51.4 Å². The highest BCUT2D eigenvalue weighted by molar-refractivity contribution is 6.23. The van der Waals surface area contributed by atoms with Crippen molar-refractivity contribution in [1.29, 1.82) is 5.26 Å². The molecule has 0 spiro atoms. The van der Waals surface area contributed by atoms with Gasteiger partial charge in [0.25, 0.3) is 5.91 Å². The van der Waals surface area contributed by atoms with Crippen LogP contribution in [0.2, 0.25) is 0 Å². The predicted molar refractivity (Wildman–Crippen MR) is 154 cm³/mol. The van der Waals surface area contributed by atoms with Crippen LogP contribution in [0, 0.1) is 18.3 Å². The molecule has 1 amide bonds. The Kier molecular flexibility index (Phi) is 12.7. The summed E-state index contributed by atoms with van der Waals surface area (Å²) in [5.41, 5.74) is 12.1. The molecule has 2 aromatic rings. The molecular formula is C30H38N6O3. The summed E-state index contributed by atoms with van der Waals surface area (Å²) in [7, 11) is 3.78. The van der Waals surface area contributed by atoms with Gasteiger partial charge in [-0.25, -0.2) is 0 Å². The minimum absolute atomic E-state index is 0.187. The van der Waals surface area contributed by atoms with Gasteiger partial charge in [-0.15, -0.1) is 0 Å². The fourth-order valence-corrected chi connectivity index (χ4v) is 3.76. The van der Waals surface area contributed by atoms with Crippen molar-refractivity contribution in [3.05, 3.63) is 76.5 Å². The van der Waals surface area contributed by atoms with Gasteiger partial charge in [0.2, 0.25) is 6.29 Å². The van der Waals surface area contributed by atoms with E-state index in [1.165, 1.54) is 42.4 Å². The molecule has 2 fully saturated rings. The summed E-state index contributed by atoms with van der Waals surface area (Å²) in [6, 6.07) is 16.0. The summed E-state index contributed by atoms with van der Waals surface area (Å²) in [5, 5.41) is 16.2. The number of hydrogen-bond acceptors (Lipinski definition) is 8. The van der Waals surface area contributed by atoms with Crippen LogP contribution in [0.5, 0.6) is 0 Å². The number of nitrogens with one attached hydrogen (secondary N) is 3. The molecule has 39 heavy (non-hydrogen) atoms. The minimum Gasteiger partial charge on any atom is -0.404 e. The van der Waals surface area contributed by atoms with Crippen molar-refractivity contribution in [1.82, 2.24) is 16.0 Å². The lowest BCUT2D eigenvalue weighted by molar-refractivity contribution is -0.131. The Morgan fingerprint density at radius 2 is 1.90 bits per heavy atom. The van der Waals surface area contributed by atoms with Crippen molar-refractivity contribution in [3.8, 4) is 6.07 Å². The van der Waals surface area contributed by atoms with Gasteiger partial charge in [-0.2, -0.15) is 5.26 Å². The van der Waals surface area contributed by atoms with Crippen LogP contribution in [-0.2, 0) is 21.7 Å². The maximum Gasteiger partial charge on any atom is 0.284 e.